The molecule has 1 aromatic rings. The Balaban J connectivity index is 1.56. The van der Waals surface area contributed by atoms with E-state index in [-0.39, 0.29) is 0 Å². The third-order valence-electron chi connectivity index (χ3n) is 4.12. The van der Waals surface area contributed by atoms with Crippen LogP contribution < -0.4 is 5.32 Å². The molecule has 0 spiro atoms. The van der Waals surface area contributed by atoms with Crippen molar-refractivity contribution >= 4 is 5.91 Å². The minimum Gasteiger partial charge on any atom is -0.338 e. The van der Waals surface area contributed by atoms with Crippen LogP contribution in [-0.2, 0) is 11.2 Å². The molecule has 2 atom stereocenters. The molecule has 2 aliphatic rings. The quantitative estimate of drug-likeness (QED) is 0.858. The Morgan fingerprint density at radius 2 is 2.44 bits per heavy atom. The smallest absolute Gasteiger partial charge is 0.223 e. The molecule has 3 heterocycles. The lowest BCUT2D eigenvalue weighted by Gasteiger charge is -2.23. The number of aryl methyl sites for hydroxylation is 1. The fourth-order valence-electron chi connectivity index (χ4n) is 3.10. The Morgan fingerprint density at radius 1 is 1.50 bits per heavy atom. The second kappa shape index (κ2) is 5.06. The number of nitrogens with zero attached hydrogens (tertiary/aromatic N) is 2. The molecule has 96 valence electrons. The molecule has 2 saturated heterocycles. The first-order valence-electron chi connectivity index (χ1n) is 6.73. The van der Waals surface area contributed by atoms with Gasteiger partial charge in [0.2, 0.25) is 5.91 Å². The molecule has 18 heavy (non-hydrogen) atoms. The summed E-state index contributed by atoms with van der Waals surface area (Å²) in [5.41, 5.74) is 1.14. The number of rotatable bonds is 3. The van der Waals surface area contributed by atoms with Gasteiger partial charge in [-0.1, -0.05) is 6.07 Å². The Bertz CT molecular complexity index is 420. The maximum absolute atomic E-state index is 12.2. The number of likely N-dealkylation sites (tertiary alicyclic amines) is 1. The van der Waals surface area contributed by atoms with Crippen LogP contribution in [0.15, 0.2) is 24.5 Å². The molecule has 2 aliphatic heterocycles. The van der Waals surface area contributed by atoms with Crippen molar-refractivity contribution in [2.24, 2.45) is 5.92 Å². The summed E-state index contributed by atoms with van der Waals surface area (Å²) in [4.78, 5) is 18.4. The van der Waals surface area contributed by atoms with Crippen molar-refractivity contribution < 1.29 is 4.79 Å². The predicted octanol–water partition coefficient (Wildman–Crippen LogP) is 0.835. The Labute approximate surface area is 107 Å². The third-order valence-corrected chi connectivity index (χ3v) is 4.12. The number of nitrogens with one attached hydrogen (secondary N) is 1. The van der Waals surface area contributed by atoms with Crippen LogP contribution in [-0.4, -0.2) is 41.5 Å². The fraction of sp³-hybridized carbons (Fsp3) is 0.571. The van der Waals surface area contributed by atoms with Crippen molar-refractivity contribution in [2.45, 2.75) is 25.3 Å². The van der Waals surface area contributed by atoms with Crippen molar-refractivity contribution in [1.82, 2.24) is 15.2 Å². The average molecular weight is 245 g/mol. The lowest BCUT2D eigenvalue weighted by molar-refractivity contribution is -0.131. The Morgan fingerprint density at radius 3 is 3.28 bits per heavy atom. The first-order chi connectivity index (χ1) is 8.84. The van der Waals surface area contributed by atoms with Crippen molar-refractivity contribution in [1.29, 1.82) is 0 Å². The molecule has 1 aromatic heterocycles. The monoisotopic (exact) mass is 245 g/mol. The molecule has 1 N–H and O–H groups in total. The summed E-state index contributed by atoms with van der Waals surface area (Å²) in [5.74, 6) is 0.988. The lowest BCUT2D eigenvalue weighted by Crippen LogP contribution is -2.39. The molecule has 4 nitrogen and oxygen atoms in total. The van der Waals surface area contributed by atoms with Gasteiger partial charge >= 0.3 is 0 Å². The van der Waals surface area contributed by atoms with E-state index in [0.717, 1.165) is 38.0 Å². The summed E-state index contributed by atoms with van der Waals surface area (Å²) in [6.45, 7) is 3.00. The van der Waals surface area contributed by atoms with Crippen LogP contribution in [0, 0.1) is 5.92 Å². The second-order valence-corrected chi connectivity index (χ2v) is 5.22. The van der Waals surface area contributed by atoms with E-state index in [4.69, 9.17) is 0 Å². The minimum absolute atomic E-state index is 0.301. The topological polar surface area (TPSA) is 45.2 Å². The van der Waals surface area contributed by atoms with E-state index in [9.17, 15) is 4.79 Å². The van der Waals surface area contributed by atoms with Crippen LogP contribution in [0.4, 0.5) is 0 Å². The summed E-state index contributed by atoms with van der Waals surface area (Å²) < 4.78 is 0. The molecule has 0 radical (unpaired) electrons. The highest BCUT2D eigenvalue weighted by molar-refractivity contribution is 5.77. The molecule has 4 heteroatoms. The van der Waals surface area contributed by atoms with Crippen molar-refractivity contribution in [3.63, 3.8) is 0 Å². The number of fused-ring (bicyclic) bond motifs is 1. The van der Waals surface area contributed by atoms with Gasteiger partial charge in [0.15, 0.2) is 0 Å². The van der Waals surface area contributed by atoms with Gasteiger partial charge in [-0.2, -0.15) is 0 Å². The number of carbonyl (C=O) groups excluding carboxylic acids is 1. The fourth-order valence-corrected chi connectivity index (χ4v) is 3.10. The van der Waals surface area contributed by atoms with Crippen molar-refractivity contribution in [3.05, 3.63) is 30.1 Å². The van der Waals surface area contributed by atoms with Gasteiger partial charge in [0.05, 0.1) is 0 Å². The van der Waals surface area contributed by atoms with E-state index >= 15 is 0 Å². The third kappa shape index (κ3) is 2.25. The first kappa shape index (κ1) is 11.7. The van der Waals surface area contributed by atoms with Gasteiger partial charge in [0, 0.05) is 44.5 Å². The van der Waals surface area contributed by atoms with Crippen LogP contribution in [0.3, 0.4) is 0 Å². The van der Waals surface area contributed by atoms with Gasteiger partial charge < -0.3 is 10.2 Å². The van der Waals surface area contributed by atoms with Crippen molar-refractivity contribution in [3.8, 4) is 0 Å². The summed E-state index contributed by atoms with van der Waals surface area (Å²) in [6, 6.07) is 4.41. The molecule has 2 fully saturated rings. The first-order valence-corrected chi connectivity index (χ1v) is 6.73. The lowest BCUT2D eigenvalue weighted by atomic mass is 10.0. The number of hydrogen-bond donors (Lipinski definition) is 1. The number of pyridine rings is 1. The normalized spacial score (nSPS) is 26.3. The Kier molecular flexibility index (Phi) is 3.28. The van der Waals surface area contributed by atoms with Crippen LogP contribution in [0.5, 0.6) is 0 Å². The summed E-state index contributed by atoms with van der Waals surface area (Å²) in [5, 5.41) is 3.38. The van der Waals surface area contributed by atoms with E-state index in [1.807, 2.05) is 18.3 Å². The standard InChI is InChI=1S/C14H19N3O/c18-14(4-3-11-2-1-6-15-8-11)17-7-5-12-9-16-10-13(12)17/h1-2,6,8,12-13,16H,3-5,7,9-10H2/t12-,13+/m0/s1. The van der Waals surface area contributed by atoms with Gasteiger partial charge in [-0.05, 0) is 30.4 Å². The number of carbonyl (C=O) groups is 1. The number of amides is 1. The largest absolute Gasteiger partial charge is 0.338 e. The van der Waals surface area contributed by atoms with E-state index in [1.165, 1.54) is 0 Å². The minimum atomic E-state index is 0.301. The molecular formula is C14H19N3O. The van der Waals surface area contributed by atoms with E-state index in [2.05, 4.69) is 15.2 Å². The van der Waals surface area contributed by atoms with Gasteiger partial charge in [0.25, 0.3) is 0 Å². The molecule has 0 unspecified atom stereocenters. The summed E-state index contributed by atoms with van der Waals surface area (Å²) in [6.07, 6.45) is 6.18. The van der Waals surface area contributed by atoms with Gasteiger partial charge in [-0.25, -0.2) is 0 Å². The SMILES string of the molecule is O=C(CCc1cccnc1)N1CC[C@H]2CNC[C@H]21. The highest BCUT2D eigenvalue weighted by atomic mass is 16.2. The number of hydrogen-bond acceptors (Lipinski definition) is 3. The zero-order valence-corrected chi connectivity index (χ0v) is 10.5. The molecule has 0 saturated carbocycles. The van der Waals surface area contributed by atoms with E-state index in [0.29, 0.717) is 24.3 Å². The van der Waals surface area contributed by atoms with Crippen LogP contribution >= 0.6 is 0 Å². The maximum atomic E-state index is 12.2. The average Bonchev–Trinajstić information content (AvgIpc) is 2.99. The maximum Gasteiger partial charge on any atom is 0.223 e. The van der Waals surface area contributed by atoms with E-state index in [1.54, 1.807) is 6.20 Å². The van der Waals surface area contributed by atoms with Crippen LogP contribution in [0.25, 0.3) is 0 Å². The Hall–Kier alpha value is -1.42. The van der Waals surface area contributed by atoms with Crippen LogP contribution in [0.1, 0.15) is 18.4 Å². The van der Waals surface area contributed by atoms with Crippen molar-refractivity contribution in [2.75, 3.05) is 19.6 Å². The second-order valence-electron chi connectivity index (χ2n) is 5.22. The molecule has 1 amide bonds. The predicted molar refractivity (Wildman–Crippen MR) is 69.0 cm³/mol. The van der Waals surface area contributed by atoms with Crippen LogP contribution in [0.2, 0.25) is 0 Å². The zero-order valence-electron chi connectivity index (χ0n) is 10.5. The molecule has 0 bridgehead atoms. The molecular weight excluding hydrogens is 226 g/mol. The molecule has 3 rings (SSSR count). The van der Waals surface area contributed by atoms with Gasteiger partial charge in [0.1, 0.15) is 0 Å². The van der Waals surface area contributed by atoms with E-state index < -0.39 is 0 Å². The summed E-state index contributed by atoms with van der Waals surface area (Å²) >= 11 is 0. The molecule has 0 aliphatic carbocycles. The highest BCUT2D eigenvalue weighted by Gasteiger charge is 2.39. The highest BCUT2D eigenvalue weighted by Crippen LogP contribution is 2.27. The summed E-state index contributed by atoms with van der Waals surface area (Å²) in [7, 11) is 0. The number of aromatic nitrogens is 1. The van der Waals surface area contributed by atoms with Gasteiger partial charge in [-0.15, -0.1) is 0 Å². The zero-order chi connectivity index (χ0) is 12.4. The van der Waals surface area contributed by atoms with Gasteiger partial charge in [-0.3, -0.25) is 9.78 Å². The molecule has 0 aromatic carbocycles.